The minimum absolute atomic E-state index is 0.130. The summed E-state index contributed by atoms with van der Waals surface area (Å²) < 4.78 is 1.20. The van der Waals surface area contributed by atoms with Crippen LogP contribution < -0.4 is 4.90 Å². The van der Waals surface area contributed by atoms with Crippen molar-refractivity contribution in [1.29, 1.82) is 0 Å². The molecule has 2 unspecified atom stereocenters. The number of piperidine rings is 1. The molecule has 1 aromatic heterocycles. The molecular formula is C15H17ClN2OS. The van der Waals surface area contributed by atoms with E-state index < -0.39 is 0 Å². The summed E-state index contributed by atoms with van der Waals surface area (Å²) in [7, 11) is 0. The molecule has 2 aliphatic heterocycles. The Morgan fingerprint density at radius 2 is 2.00 bits per heavy atom. The molecule has 0 spiro atoms. The van der Waals surface area contributed by atoms with Crippen molar-refractivity contribution in [2.75, 3.05) is 4.90 Å². The Kier molecular flexibility index (Phi) is 2.95. The number of rotatable bonds is 1. The molecule has 1 N–H and O–H groups in total. The number of aromatic nitrogens is 1. The fourth-order valence-corrected chi connectivity index (χ4v) is 4.98. The van der Waals surface area contributed by atoms with Gasteiger partial charge in [-0.15, -0.1) is 0 Å². The zero-order valence-electron chi connectivity index (χ0n) is 11.3. The summed E-state index contributed by atoms with van der Waals surface area (Å²) in [5, 5.41) is 11.8. The van der Waals surface area contributed by atoms with Gasteiger partial charge in [0.25, 0.3) is 0 Å². The number of aliphatic hydroxyl groups is 1. The lowest BCUT2D eigenvalue weighted by molar-refractivity contribution is 0.126. The molecule has 0 saturated carbocycles. The Labute approximate surface area is 127 Å². The van der Waals surface area contributed by atoms with Crippen LogP contribution in [0.2, 0.25) is 5.02 Å². The Bertz CT molecular complexity index is 657. The van der Waals surface area contributed by atoms with E-state index in [9.17, 15) is 5.11 Å². The lowest BCUT2D eigenvalue weighted by Crippen LogP contribution is -2.44. The van der Waals surface area contributed by atoms with Crippen LogP contribution >= 0.6 is 22.9 Å². The van der Waals surface area contributed by atoms with Gasteiger partial charge in [-0.3, -0.25) is 0 Å². The van der Waals surface area contributed by atoms with Crippen molar-refractivity contribution in [3.63, 3.8) is 0 Å². The number of aliphatic hydroxyl groups excluding tert-OH is 1. The number of fused-ring (bicyclic) bond motifs is 3. The highest BCUT2D eigenvalue weighted by atomic mass is 35.5. The average Bonchev–Trinajstić information content (AvgIpc) is 2.94. The van der Waals surface area contributed by atoms with E-state index in [0.717, 1.165) is 34.1 Å². The number of hydrogen-bond donors (Lipinski definition) is 1. The summed E-state index contributed by atoms with van der Waals surface area (Å²) in [4.78, 5) is 7.29. The number of anilines is 1. The zero-order chi connectivity index (χ0) is 13.9. The Balaban J connectivity index is 1.78. The molecule has 0 aliphatic carbocycles. The maximum Gasteiger partial charge on any atom is 0.186 e. The van der Waals surface area contributed by atoms with Crippen LogP contribution in [0.3, 0.4) is 0 Å². The molecular weight excluding hydrogens is 292 g/mol. The summed E-state index contributed by atoms with van der Waals surface area (Å²) in [6, 6.07) is 4.93. The molecule has 2 saturated heterocycles. The molecule has 3 heterocycles. The minimum atomic E-state index is -0.130. The first-order valence-electron chi connectivity index (χ1n) is 7.15. The van der Waals surface area contributed by atoms with Gasteiger partial charge in [0.15, 0.2) is 5.13 Å². The molecule has 106 valence electrons. The van der Waals surface area contributed by atoms with Crippen LogP contribution in [0, 0.1) is 6.92 Å². The summed E-state index contributed by atoms with van der Waals surface area (Å²) in [5.41, 5.74) is 2.10. The van der Waals surface area contributed by atoms with Crippen LogP contribution in [0.5, 0.6) is 0 Å². The van der Waals surface area contributed by atoms with Gasteiger partial charge >= 0.3 is 0 Å². The molecule has 3 nitrogen and oxygen atoms in total. The van der Waals surface area contributed by atoms with Gasteiger partial charge in [0.2, 0.25) is 0 Å². The fraction of sp³-hybridized carbons (Fsp3) is 0.533. The van der Waals surface area contributed by atoms with Gasteiger partial charge in [0, 0.05) is 17.1 Å². The second-order valence-corrected chi connectivity index (χ2v) is 7.35. The molecule has 2 aromatic rings. The standard InChI is InChI=1S/C15H17ClN2OS/c1-8-12(16)4-5-13-14(8)17-15(20-13)18-9-2-3-10(18)7-11(19)6-9/h4-5,9-11,19H,2-3,6-7H2,1H3. The Hall–Kier alpha value is -0.840. The van der Waals surface area contributed by atoms with E-state index in [1.165, 1.54) is 17.5 Å². The van der Waals surface area contributed by atoms with E-state index in [2.05, 4.69) is 11.0 Å². The highest BCUT2D eigenvalue weighted by Crippen LogP contribution is 2.43. The van der Waals surface area contributed by atoms with Crippen molar-refractivity contribution in [3.05, 3.63) is 22.7 Å². The Morgan fingerprint density at radius 1 is 1.30 bits per heavy atom. The monoisotopic (exact) mass is 308 g/mol. The van der Waals surface area contributed by atoms with Crippen molar-refractivity contribution in [3.8, 4) is 0 Å². The molecule has 2 aliphatic rings. The molecule has 0 radical (unpaired) electrons. The van der Waals surface area contributed by atoms with Gasteiger partial charge in [-0.1, -0.05) is 22.9 Å². The average molecular weight is 309 g/mol. The van der Waals surface area contributed by atoms with E-state index >= 15 is 0 Å². The summed E-state index contributed by atoms with van der Waals surface area (Å²) in [6.07, 6.45) is 3.99. The molecule has 4 rings (SSSR count). The summed E-state index contributed by atoms with van der Waals surface area (Å²) in [6.45, 7) is 2.03. The highest BCUT2D eigenvalue weighted by molar-refractivity contribution is 7.22. The molecule has 2 fully saturated rings. The first-order valence-corrected chi connectivity index (χ1v) is 8.35. The molecule has 5 heteroatoms. The van der Waals surface area contributed by atoms with Gasteiger partial charge in [0.05, 0.1) is 16.3 Å². The maximum absolute atomic E-state index is 9.91. The first kappa shape index (κ1) is 12.9. The topological polar surface area (TPSA) is 36.4 Å². The number of thiazole rings is 1. The van der Waals surface area contributed by atoms with Gasteiger partial charge in [-0.25, -0.2) is 4.98 Å². The van der Waals surface area contributed by atoms with E-state index in [0.29, 0.717) is 12.1 Å². The Morgan fingerprint density at radius 3 is 2.70 bits per heavy atom. The normalized spacial score (nSPS) is 29.4. The lowest BCUT2D eigenvalue weighted by Gasteiger charge is -2.36. The third kappa shape index (κ3) is 1.85. The summed E-state index contributed by atoms with van der Waals surface area (Å²) >= 11 is 7.94. The second-order valence-electron chi connectivity index (χ2n) is 5.93. The van der Waals surface area contributed by atoms with Gasteiger partial charge < -0.3 is 10.0 Å². The maximum atomic E-state index is 9.91. The van der Waals surface area contributed by atoms with Crippen LogP contribution in [0.1, 0.15) is 31.2 Å². The van der Waals surface area contributed by atoms with Crippen molar-refractivity contribution >= 4 is 38.3 Å². The van der Waals surface area contributed by atoms with Crippen LogP contribution in [-0.4, -0.2) is 28.3 Å². The van der Waals surface area contributed by atoms with E-state index in [1.54, 1.807) is 11.3 Å². The van der Waals surface area contributed by atoms with E-state index in [-0.39, 0.29) is 6.10 Å². The first-order chi connectivity index (χ1) is 9.63. The van der Waals surface area contributed by atoms with E-state index in [1.807, 2.05) is 13.0 Å². The predicted octanol–water partition coefficient (Wildman–Crippen LogP) is 3.75. The fourth-order valence-electron chi connectivity index (χ4n) is 3.66. The number of nitrogens with zero attached hydrogens (tertiary/aromatic N) is 2. The number of benzene rings is 1. The van der Waals surface area contributed by atoms with Crippen LogP contribution in [-0.2, 0) is 0 Å². The molecule has 20 heavy (non-hydrogen) atoms. The van der Waals surface area contributed by atoms with Crippen molar-refractivity contribution < 1.29 is 5.11 Å². The lowest BCUT2D eigenvalue weighted by atomic mass is 10.0. The quantitative estimate of drug-likeness (QED) is 0.871. The van der Waals surface area contributed by atoms with Gasteiger partial charge in [-0.2, -0.15) is 0 Å². The zero-order valence-corrected chi connectivity index (χ0v) is 12.9. The predicted molar refractivity (Wildman–Crippen MR) is 83.9 cm³/mol. The summed E-state index contributed by atoms with van der Waals surface area (Å²) in [5.74, 6) is 0. The molecule has 0 amide bonds. The van der Waals surface area contributed by atoms with Crippen LogP contribution in [0.4, 0.5) is 5.13 Å². The second kappa shape index (κ2) is 4.58. The molecule has 2 atom stereocenters. The third-order valence-corrected chi connectivity index (χ3v) is 6.11. The van der Waals surface area contributed by atoms with Crippen molar-refractivity contribution in [2.24, 2.45) is 0 Å². The van der Waals surface area contributed by atoms with Crippen LogP contribution in [0.25, 0.3) is 10.2 Å². The molecule has 1 aromatic carbocycles. The van der Waals surface area contributed by atoms with E-state index in [4.69, 9.17) is 16.6 Å². The van der Waals surface area contributed by atoms with Crippen molar-refractivity contribution in [2.45, 2.75) is 50.8 Å². The van der Waals surface area contributed by atoms with Gasteiger partial charge in [0.1, 0.15) is 0 Å². The largest absolute Gasteiger partial charge is 0.393 e. The number of halogens is 1. The number of hydrogen-bond acceptors (Lipinski definition) is 4. The third-order valence-electron chi connectivity index (χ3n) is 4.67. The molecule has 2 bridgehead atoms. The van der Waals surface area contributed by atoms with Crippen LogP contribution in [0.15, 0.2) is 12.1 Å². The highest BCUT2D eigenvalue weighted by Gasteiger charge is 2.41. The van der Waals surface area contributed by atoms with Crippen molar-refractivity contribution in [1.82, 2.24) is 4.98 Å². The minimum Gasteiger partial charge on any atom is -0.393 e. The smallest absolute Gasteiger partial charge is 0.186 e. The van der Waals surface area contributed by atoms with Gasteiger partial charge in [-0.05, 0) is 50.3 Å². The SMILES string of the molecule is Cc1c(Cl)ccc2sc(N3C4CCC3CC(O)C4)nc12. The number of aryl methyl sites for hydroxylation is 1.